The van der Waals surface area contributed by atoms with Gasteiger partial charge in [-0.15, -0.1) is 0 Å². The average Bonchev–Trinajstić information content (AvgIpc) is 2.62. The van der Waals surface area contributed by atoms with E-state index in [1.54, 1.807) is 26.3 Å². The lowest BCUT2D eigenvalue weighted by molar-refractivity contribution is -0.133. The Hall–Kier alpha value is -1.81. The van der Waals surface area contributed by atoms with Gasteiger partial charge in [0.05, 0.1) is 38.8 Å². The van der Waals surface area contributed by atoms with E-state index in [2.05, 4.69) is 4.99 Å². The number of carboxylic acid groups (broad SMARTS) is 1. The van der Waals surface area contributed by atoms with E-state index in [0.29, 0.717) is 56.0 Å². The zero-order valence-electron chi connectivity index (χ0n) is 15.0. The van der Waals surface area contributed by atoms with Crippen molar-refractivity contribution in [1.82, 2.24) is 0 Å². The van der Waals surface area contributed by atoms with Crippen LogP contribution in [0.15, 0.2) is 23.2 Å². The molecule has 0 heterocycles. The van der Waals surface area contributed by atoms with Gasteiger partial charge in [0.25, 0.3) is 0 Å². The molecule has 8 nitrogen and oxygen atoms in total. The van der Waals surface area contributed by atoms with Gasteiger partial charge in [-0.3, -0.25) is 9.79 Å². The van der Waals surface area contributed by atoms with Gasteiger partial charge in [0, 0.05) is 25.8 Å². The summed E-state index contributed by atoms with van der Waals surface area (Å²) >= 11 is 1.05. The zero-order valence-corrected chi connectivity index (χ0v) is 15.8. The van der Waals surface area contributed by atoms with Gasteiger partial charge in [-0.25, -0.2) is 0 Å². The van der Waals surface area contributed by atoms with Crippen LogP contribution in [0, 0.1) is 0 Å². The van der Waals surface area contributed by atoms with Crippen molar-refractivity contribution in [1.29, 1.82) is 0 Å². The van der Waals surface area contributed by atoms with Crippen LogP contribution in [0.25, 0.3) is 0 Å². The third-order valence-electron chi connectivity index (χ3n) is 3.04. The molecule has 0 aliphatic heterocycles. The first kappa shape index (κ1) is 22.2. The van der Waals surface area contributed by atoms with E-state index in [-0.39, 0.29) is 11.5 Å². The fourth-order valence-corrected chi connectivity index (χ4v) is 2.58. The van der Waals surface area contributed by atoms with E-state index in [0.717, 1.165) is 11.8 Å². The predicted octanol–water partition coefficient (Wildman–Crippen LogP) is 1.64. The van der Waals surface area contributed by atoms with Crippen molar-refractivity contribution in [3.8, 4) is 11.5 Å². The Labute approximate surface area is 157 Å². The highest BCUT2D eigenvalue weighted by Gasteiger charge is 2.12. The highest BCUT2D eigenvalue weighted by Crippen LogP contribution is 2.27. The minimum atomic E-state index is -0.945. The molecule has 0 unspecified atom stereocenters. The normalized spacial score (nSPS) is 11.5. The number of aromatic hydroxyl groups is 1. The van der Waals surface area contributed by atoms with Crippen LogP contribution >= 0.6 is 11.8 Å². The molecule has 0 atom stereocenters. The minimum Gasteiger partial charge on any atom is -0.507 e. The van der Waals surface area contributed by atoms with Crippen LogP contribution in [0.4, 0.5) is 0 Å². The SMILES string of the molecule is CN=C(SCC(=O)O)c1ccc(OCCOCCOCCOC)cc1O. The maximum Gasteiger partial charge on any atom is 0.313 e. The van der Waals surface area contributed by atoms with Crippen molar-refractivity contribution in [3.05, 3.63) is 23.8 Å². The summed E-state index contributed by atoms with van der Waals surface area (Å²) in [6.45, 7) is 2.78. The number of carboxylic acids is 1. The lowest BCUT2D eigenvalue weighted by atomic mass is 10.2. The Bertz CT molecular complexity index is 580. The number of methoxy groups -OCH3 is 1. The Morgan fingerprint density at radius 3 is 2.35 bits per heavy atom. The van der Waals surface area contributed by atoms with Gasteiger partial charge in [-0.05, 0) is 12.1 Å². The van der Waals surface area contributed by atoms with Crippen molar-refractivity contribution in [2.24, 2.45) is 4.99 Å². The van der Waals surface area contributed by atoms with Crippen LogP contribution in [-0.4, -0.2) is 80.8 Å². The van der Waals surface area contributed by atoms with Crippen molar-refractivity contribution < 1.29 is 34.0 Å². The second kappa shape index (κ2) is 13.4. The molecule has 0 aromatic heterocycles. The monoisotopic (exact) mass is 387 g/mol. The molecule has 0 bridgehead atoms. The molecule has 26 heavy (non-hydrogen) atoms. The molecule has 0 aliphatic carbocycles. The highest BCUT2D eigenvalue weighted by atomic mass is 32.2. The van der Waals surface area contributed by atoms with Crippen molar-refractivity contribution in [2.75, 3.05) is 59.6 Å². The molecule has 0 saturated heterocycles. The fourth-order valence-electron chi connectivity index (χ4n) is 1.86. The predicted molar refractivity (Wildman–Crippen MR) is 99.7 cm³/mol. The summed E-state index contributed by atoms with van der Waals surface area (Å²) in [5, 5.41) is 19.3. The quantitative estimate of drug-likeness (QED) is 0.299. The fraction of sp³-hybridized carbons (Fsp3) is 0.529. The molecule has 0 spiro atoms. The number of ether oxygens (including phenoxy) is 4. The maximum atomic E-state index is 10.7. The topological polar surface area (TPSA) is 107 Å². The summed E-state index contributed by atoms with van der Waals surface area (Å²) in [6, 6.07) is 4.80. The first-order chi connectivity index (χ1) is 12.6. The second-order valence-electron chi connectivity index (χ2n) is 4.96. The standard InChI is InChI=1S/C17H25NO7S/c1-18-17(26-12-16(20)21)14-4-3-13(11-15(14)19)25-10-9-24-8-7-23-6-5-22-2/h3-4,11,19H,5-10,12H2,1-2H3,(H,20,21). The van der Waals surface area contributed by atoms with E-state index >= 15 is 0 Å². The van der Waals surface area contributed by atoms with Crippen molar-refractivity contribution in [3.63, 3.8) is 0 Å². The number of nitrogens with zero attached hydrogens (tertiary/aromatic N) is 1. The lowest BCUT2D eigenvalue weighted by Gasteiger charge is -2.11. The number of hydrogen-bond donors (Lipinski definition) is 2. The number of phenolic OH excluding ortho intramolecular Hbond substituents is 1. The average molecular weight is 387 g/mol. The van der Waals surface area contributed by atoms with E-state index in [4.69, 9.17) is 24.1 Å². The number of hydrogen-bond acceptors (Lipinski definition) is 8. The van der Waals surface area contributed by atoms with Crippen LogP contribution in [0.5, 0.6) is 11.5 Å². The van der Waals surface area contributed by atoms with Gasteiger partial charge in [0.1, 0.15) is 23.1 Å². The number of rotatable bonds is 13. The molecular formula is C17H25NO7S. The molecular weight excluding hydrogens is 362 g/mol. The largest absolute Gasteiger partial charge is 0.507 e. The summed E-state index contributed by atoms with van der Waals surface area (Å²) in [5.41, 5.74) is 0.468. The molecule has 0 aliphatic rings. The number of aliphatic imine (C=N–C) groups is 1. The number of thioether (sulfide) groups is 1. The first-order valence-electron chi connectivity index (χ1n) is 8.00. The molecule has 1 aromatic carbocycles. The van der Waals surface area contributed by atoms with E-state index in [1.165, 1.54) is 6.07 Å². The van der Waals surface area contributed by atoms with E-state index in [9.17, 15) is 9.90 Å². The molecule has 0 amide bonds. The van der Waals surface area contributed by atoms with E-state index in [1.807, 2.05) is 0 Å². The number of aliphatic carboxylic acids is 1. The highest BCUT2D eigenvalue weighted by molar-refractivity contribution is 8.14. The molecule has 1 aromatic rings. The van der Waals surface area contributed by atoms with E-state index < -0.39 is 5.97 Å². The molecule has 146 valence electrons. The van der Waals surface area contributed by atoms with Crippen LogP contribution in [-0.2, 0) is 19.0 Å². The van der Waals surface area contributed by atoms with Crippen LogP contribution in [0.2, 0.25) is 0 Å². The third kappa shape index (κ3) is 9.04. The molecule has 0 fully saturated rings. The maximum absolute atomic E-state index is 10.7. The first-order valence-corrected chi connectivity index (χ1v) is 8.99. The summed E-state index contributed by atoms with van der Waals surface area (Å²) in [5.74, 6) is -0.602. The number of carbonyl (C=O) groups is 1. The van der Waals surface area contributed by atoms with Gasteiger partial charge in [-0.1, -0.05) is 11.8 Å². The summed E-state index contributed by atoms with van der Waals surface area (Å²) in [4.78, 5) is 14.7. The third-order valence-corrected chi connectivity index (χ3v) is 4.10. The van der Waals surface area contributed by atoms with Crippen molar-refractivity contribution in [2.45, 2.75) is 0 Å². The number of benzene rings is 1. The zero-order chi connectivity index (χ0) is 19.2. The molecule has 0 radical (unpaired) electrons. The smallest absolute Gasteiger partial charge is 0.313 e. The molecule has 2 N–H and O–H groups in total. The Kier molecular flexibility index (Phi) is 11.5. The Morgan fingerprint density at radius 1 is 1.12 bits per heavy atom. The Balaban J connectivity index is 2.34. The molecule has 1 rings (SSSR count). The lowest BCUT2D eigenvalue weighted by Crippen LogP contribution is -2.12. The Morgan fingerprint density at radius 2 is 1.77 bits per heavy atom. The van der Waals surface area contributed by atoms with Crippen LogP contribution < -0.4 is 4.74 Å². The van der Waals surface area contributed by atoms with Gasteiger partial charge < -0.3 is 29.2 Å². The van der Waals surface area contributed by atoms with Gasteiger partial charge >= 0.3 is 5.97 Å². The van der Waals surface area contributed by atoms with Gasteiger partial charge in [0.2, 0.25) is 0 Å². The second-order valence-corrected chi connectivity index (χ2v) is 5.92. The van der Waals surface area contributed by atoms with Gasteiger partial charge in [-0.2, -0.15) is 0 Å². The number of phenols is 1. The van der Waals surface area contributed by atoms with Crippen molar-refractivity contribution >= 4 is 22.8 Å². The van der Waals surface area contributed by atoms with Gasteiger partial charge in [0.15, 0.2) is 0 Å². The van der Waals surface area contributed by atoms with Crippen LogP contribution in [0.3, 0.4) is 0 Å². The summed E-state index contributed by atoms with van der Waals surface area (Å²) < 4.78 is 21.0. The summed E-state index contributed by atoms with van der Waals surface area (Å²) in [6.07, 6.45) is 0. The molecule has 0 saturated carbocycles. The summed E-state index contributed by atoms with van der Waals surface area (Å²) in [7, 11) is 3.16. The van der Waals surface area contributed by atoms with Crippen LogP contribution in [0.1, 0.15) is 5.56 Å². The minimum absolute atomic E-state index is 0.0200. The molecule has 9 heteroatoms.